The molecule has 20 heavy (non-hydrogen) atoms. The fraction of sp³-hybridized carbons (Fsp3) is 0.385. The van der Waals surface area contributed by atoms with Crippen molar-refractivity contribution < 1.29 is 14.0 Å². The number of halogens is 1. The zero-order valence-electron chi connectivity index (χ0n) is 10.8. The Morgan fingerprint density at radius 1 is 1.25 bits per heavy atom. The summed E-state index contributed by atoms with van der Waals surface area (Å²) in [6, 6.07) is 3.83. The van der Waals surface area contributed by atoms with Gasteiger partial charge in [-0.05, 0) is 17.7 Å². The van der Waals surface area contributed by atoms with Crippen LogP contribution in [0, 0.1) is 0 Å². The minimum atomic E-state index is 0.536. The van der Waals surface area contributed by atoms with Gasteiger partial charge in [0.2, 0.25) is 5.89 Å². The van der Waals surface area contributed by atoms with E-state index in [1.54, 1.807) is 0 Å². The topological polar surface area (TPSA) is 69.4 Å². The van der Waals surface area contributed by atoms with Gasteiger partial charge in [0.15, 0.2) is 17.8 Å². The van der Waals surface area contributed by atoms with Gasteiger partial charge in [-0.25, -0.2) is 0 Å². The molecule has 0 amide bonds. The van der Waals surface area contributed by atoms with Crippen molar-refractivity contribution in [2.24, 2.45) is 0 Å². The fourth-order valence-corrected chi connectivity index (χ4v) is 2.29. The van der Waals surface area contributed by atoms with Crippen LogP contribution in [0.15, 0.2) is 23.0 Å². The summed E-state index contributed by atoms with van der Waals surface area (Å²) >= 11 is 6.18. The van der Waals surface area contributed by atoms with Gasteiger partial charge in [0, 0.05) is 19.5 Å². The second-order valence-electron chi connectivity index (χ2n) is 4.36. The van der Waals surface area contributed by atoms with Gasteiger partial charge < -0.3 is 19.3 Å². The second kappa shape index (κ2) is 6.11. The molecule has 1 aromatic heterocycles. The van der Waals surface area contributed by atoms with Crippen molar-refractivity contribution in [3.63, 3.8) is 0 Å². The Bertz CT molecular complexity index is 574. The summed E-state index contributed by atoms with van der Waals surface area (Å²) in [6.07, 6.45) is 2.09. The number of fused-ring (bicyclic) bond motifs is 1. The zero-order valence-corrected chi connectivity index (χ0v) is 11.5. The Hall–Kier alpha value is -1.79. The molecule has 1 aromatic carbocycles. The van der Waals surface area contributed by atoms with Crippen LogP contribution < -0.4 is 14.8 Å². The SMILES string of the molecule is Clc1cc(CNCCc2ncno2)cc2c1OCCO2. The lowest BCUT2D eigenvalue weighted by Crippen LogP contribution is -2.18. The lowest BCUT2D eigenvalue weighted by atomic mass is 10.2. The van der Waals surface area contributed by atoms with Crippen molar-refractivity contribution in [3.8, 4) is 11.5 Å². The first kappa shape index (κ1) is 13.2. The molecule has 0 bridgehead atoms. The number of nitrogens with zero attached hydrogens (tertiary/aromatic N) is 2. The lowest BCUT2D eigenvalue weighted by Gasteiger charge is -2.20. The predicted molar refractivity (Wildman–Crippen MR) is 72.2 cm³/mol. The van der Waals surface area contributed by atoms with Crippen LogP contribution in [0.3, 0.4) is 0 Å². The summed E-state index contributed by atoms with van der Waals surface area (Å²) in [7, 11) is 0. The molecule has 0 fully saturated rings. The predicted octanol–water partition coefficient (Wildman–Crippen LogP) is 1.83. The number of rotatable bonds is 5. The lowest BCUT2D eigenvalue weighted by molar-refractivity contribution is 0.171. The maximum atomic E-state index is 6.18. The van der Waals surface area contributed by atoms with Gasteiger partial charge >= 0.3 is 0 Å². The summed E-state index contributed by atoms with van der Waals surface area (Å²) in [5, 5.41) is 7.43. The van der Waals surface area contributed by atoms with Gasteiger partial charge in [0.1, 0.15) is 13.2 Å². The van der Waals surface area contributed by atoms with E-state index in [9.17, 15) is 0 Å². The Balaban J connectivity index is 1.56. The number of hydrogen-bond acceptors (Lipinski definition) is 6. The second-order valence-corrected chi connectivity index (χ2v) is 4.77. The molecule has 0 aliphatic carbocycles. The van der Waals surface area contributed by atoms with Gasteiger partial charge in [0.05, 0.1) is 5.02 Å². The van der Waals surface area contributed by atoms with Crippen LogP contribution in [0.5, 0.6) is 11.5 Å². The third-order valence-corrected chi connectivity index (χ3v) is 3.19. The maximum Gasteiger partial charge on any atom is 0.227 e. The van der Waals surface area contributed by atoms with E-state index in [2.05, 4.69) is 15.5 Å². The van der Waals surface area contributed by atoms with Crippen LogP contribution in [0.4, 0.5) is 0 Å². The number of ether oxygens (including phenoxy) is 2. The van der Waals surface area contributed by atoms with E-state index in [1.165, 1.54) is 6.33 Å². The van der Waals surface area contributed by atoms with E-state index in [1.807, 2.05) is 12.1 Å². The standard InChI is InChI=1S/C13H14ClN3O3/c14-10-5-9(6-11-13(10)19-4-3-18-11)7-15-2-1-12-16-8-17-20-12/h5-6,8,15H,1-4,7H2. The minimum Gasteiger partial charge on any atom is -0.486 e. The van der Waals surface area contributed by atoms with Crippen LogP contribution >= 0.6 is 11.6 Å². The first-order chi connectivity index (χ1) is 9.83. The number of benzene rings is 1. The van der Waals surface area contributed by atoms with Crippen LogP contribution in [0.25, 0.3) is 0 Å². The van der Waals surface area contributed by atoms with Crippen molar-refractivity contribution >= 4 is 11.6 Å². The average Bonchev–Trinajstić information content (AvgIpc) is 2.97. The quantitative estimate of drug-likeness (QED) is 0.849. The number of nitrogens with one attached hydrogen (secondary N) is 1. The molecule has 6 nitrogen and oxygen atoms in total. The molecule has 1 aliphatic rings. The first-order valence-corrected chi connectivity index (χ1v) is 6.75. The van der Waals surface area contributed by atoms with Gasteiger partial charge in [-0.3, -0.25) is 0 Å². The highest BCUT2D eigenvalue weighted by Crippen LogP contribution is 2.38. The van der Waals surface area contributed by atoms with E-state index in [-0.39, 0.29) is 0 Å². The molecule has 1 aliphatic heterocycles. The van der Waals surface area contributed by atoms with Crippen molar-refractivity contribution in [2.45, 2.75) is 13.0 Å². The van der Waals surface area contributed by atoms with Gasteiger partial charge in [-0.1, -0.05) is 16.8 Å². The first-order valence-electron chi connectivity index (χ1n) is 6.37. The molecular formula is C13H14ClN3O3. The van der Waals surface area contributed by atoms with Gasteiger partial charge in [-0.15, -0.1) is 0 Å². The molecule has 0 saturated heterocycles. The van der Waals surface area contributed by atoms with E-state index in [4.69, 9.17) is 25.6 Å². The third kappa shape index (κ3) is 3.02. The minimum absolute atomic E-state index is 0.536. The summed E-state index contributed by atoms with van der Waals surface area (Å²) < 4.78 is 15.9. The van der Waals surface area contributed by atoms with E-state index < -0.39 is 0 Å². The molecule has 106 valence electrons. The Kier molecular flexibility index (Phi) is 4.03. The Morgan fingerprint density at radius 2 is 2.15 bits per heavy atom. The van der Waals surface area contributed by atoms with Crippen LogP contribution in [0.2, 0.25) is 5.02 Å². The number of aromatic nitrogens is 2. The van der Waals surface area contributed by atoms with Crippen molar-refractivity contribution in [1.29, 1.82) is 0 Å². The van der Waals surface area contributed by atoms with Crippen LogP contribution in [-0.2, 0) is 13.0 Å². The van der Waals surface area contributed by atoms with E-state index in [0.29, 0.717) is 48.6 Å². The summed E-state index contributed by atoms with van der Waals surface area (Å²) in [5.74, 6) is 1.96. The molecule has 3 rings (SSSR count). The van der Waals surface area contributed by atoms with Gasteiger partial charge in [-0.2, -0.15) is 4.98 Å². The van der Waals surface area contributed by atoms with E-state index >= 15 is 0 Å². The fourth-order valence-electron chi connectivity index (χ4n) is 2.00. The Morgan fingerprint density at radius 3 is 3.00 bits per heavy atom. The average molecular weight is 296 g/mol. The third-order valence-electron chi connectivity index (χ3n) is 2.91. The molecular weight excluding hydrogens is 282 g/mol. The van der Waals surface area contributed by atoms with Crippen molar-refractivity contribution in [2.75, 3.05) is 19.8 Å². The maximum absolute atomic E-state index is 6.18. The van der Waals surface area contributed by atoms with Crippen molar-refractivity contribution in [3.05, 3.63) is 34.9 Å². The van der Waals surface area contributed by atoms with E-state index in [0.717, 1.165) is 12.1 Å². The van der Waals surface area contributed by atoms with Gasteiger partial charge in [0.25, 0.3) is 0 Å². The molecule has 7 heteroatoms. The molecule has 0 atom stereocenters. The van der Waals surface area contributed by atoms with Crippen molar-refractivity contribution in [1.82, 2.24) is 15.5 Å². The highest BCUT2D eigenvalue weighted by atomic mass is 35.5. The molecule has 1 N–H and O–H groups in total. The monoisotopic (exact) mass is 295 g/mol. The Labute approximate surface area is 121 Å². The molecule has 0 radical (unpaired) electrons. The summed E-state index contributed by atoms with van der Waals surface area (Å²) in [4.78, 5) is 3.96. The highest BCUT2D eigenvalue weighted by Gasteiger charge is 2.16. The molecule has 0 unspecified atom stereocenters. The largest absolute Gasteiger partial charge is 0.486 e. The highest BCUT2D eigenvalue weighted by molar-refractivity contribution is 6.32. The smallest absolute Gasteiger partial charge is 0.227 e. The normalized spacial score (nSPS) is 13.4. The number of hydrogen-bond donors (Lipinski definition) is 1. The summed E-state index contributed by atoms with van der Waals surface area (Å²) in [6.45, 7) is 2.52. The zero-order chi connectivity index (χ0) is 13.8. The molecule has 0 spiro atoms. The van der Waals surface area contributed by atoms with Crippen LogP contribution in [0.1, 0.15) is 11.5 Å². The molecule has 0 saturated carbocycles. The van der Waals surface area contributed by atoms with Crippen LogP contribution in [-0.4, -0.2) is 29.9 Å². The summed E-state index contributed by atoms with van der Waals surface area (Å²) in [5.41, 5.74) is 1.05. The molecule has 2 heterocycles. The molecule has 2 aromatic rings.